The van der Waals surface area contributed by atoms with Crippen molar-refractivity contribution in [3.05, 3.63) is 94.6 Å². The van der Waals surface area contributed by atoms with Gasteiger partial charge >= 0.3 is 5.97 Å². The zero-order valence-electron chi connectivity index (χ0n) is 18.6. The first-order valence-corrected chi connectivity index (χ1v) is 11.7. The van der Waals surface area contributed by atoms with Crippen LogP contribution >= 0.6 is 15.9 Å². The van der Waals surface area contributed by atoms with Crippen molar-refractivity contribution >= 4 is 33.5 Å². The smallest absolute Gasteiger partial charge is 0.338 e. The molecule has 172 valence electrons. The monoisotopic (exact) mass is 518 g/mol. The molecule has 0 bridgehead atoms. The summed E-state index contributed by atoms with van der Waals surface area (Å²) in [6.45, 7) is 2.43. The highest BCUT2D eigenvalue weighted by molar-refractivity contribution is 9.10. The van der Waals surface area contributed by atoms with Crippen LogP contribution < -0.4 is 5.32 Å². The minimum Gasteiger partial charge on any atom is -0.462 e. The predicted octanol–water partition coefficient (Wildman–Crippen LogP) is 6.98. The highest BCUT2D eigenvalue weighted by Crippen LogP contribution is 2.29. The second-order valence-corrected chi connectivity index (χ2v) is 8.52. The van der Waals surface area contributed by atoms with Crippen molar-refractivity contribution in [2.45, 2.75) is 19.8 Å². The van der Waals surface area contributed by atoms with Crippen LogP contribution in [0, 0.1) is 0 Å². The van der Waals surface area contributed by atoms with Gasteiger partial charge in [-0.25, -0.2) is 9.78 Å². The number of halogens is 1. The highest BCUT2D eigenvalue weighted by atomic mass is 79.9. The van der Waals surface area contributed by atoms with Crippen molar-refractivity contribution in [3.8, 4) is 22.8 Å². The Morgan fingerprint density at radius 3 is 2.47 bits per heavy atom. The number of unbranched alkanes of at least 4 members (excludes halogenated alkanes) is 1. The second-order valence-electron chi connectivity index (χ2n) is 7.60. The first-order valence-electron chi connectivity index (χ1n) is 10.9. The van der Waals surface area contributed by atoms with Gasteiger partial charge in [0.05, 0.1) is 23.9 Å². The molecule has 0 spiro atoms. The largest absolute Gasteiger partial charge is 0.462 e. The number of oxazole rings is 1. The average Bonchev–Trinajstić information content (AvgIpc) is 3.35. The number of hydrogen-bond acceptors (Lipinski definition) is 5. The summed E-state index contributed by atoms with van der Waals surface area (Å²) in [4.78, 5) is 29.5. The van der Waals surface area contributed by atoms with Crippen molar-refractivity contribution in [2.24, 2.45) is 0 Å². The Kier molecular flexibility index (Phi) is 7.54. The van der Waals surface area contributed by atoms with Gasteiger partial charge in [0.2, 0.25) is 5.89 Å². The molecule has 7 heteroatoms. The van der Waals surface area contributed by atoms with Crippen LogP contribution in [0.25, 0.3) is 22.8 Å². The van der Waals surface area contributed by atoms with Crippen LogP contribution in [0.5, 0.6) is 0 Å². The number of ether oxygens (including phenoxy) is 1. The number of carbonyl (C=O) groups excluding carboxylic acids is 2. The lowest BCUT2D eigenvalue weighted by atomic mass is 10.1. The molecule has 0 aliphatic rings. The SMILES string of the molecule is CCCCOC(=O)c1ccc(NC(=O)c2ccccc2-c2ncc(-c3ccc(Br)cc3)o2)cc1. The van der Waals surface area contributed by atoms with Gasteiger partial charge in [0.15, 0.2) is 5.76 Å². The quantitative estimate of drug-likeness (QED) is 0.201. The molecule has 1 aromatic heterocycles. The molecule has 0 aliphatic heterocycles. The van der Waals surface area contributed by atoms with Crippen LogP contribution in [0.15, 0.2) is 87.9 Å². The van der Waals surface area contributed by atoms with Gasteiger partial charge in [-0.1, -0.05) is 53.5 Å². The van der Waals surface area contributed by atoms with E-state index in [1.807, 2.05) is 37.3 Å². The molecular weight excluding hydrogens is 496 g/mol. The van der Waals surface area contributed by atoms with Gasteiger partial charge in [0, 0.05) is 21.3 Å². The van der Waals surface area contributed by atoms with Gasteiger partial charge < -0.3 is 14.5 Å². The first kappa shape index (κ1) is 23.4. The third kappa shape index (κ3) is 5.61. The molecule has 0 atom stereocenters. The molecule has 0 unspecified atom stereocenters. The molecular formula is C27H23BrN2O4. The van der Waals surface area contributed by atoms with Crippen LogP contribution in [0.1, 0.15) is 40.5 Å². The molecule has 0 radical (unpaired) electrons. The summed E-state index contributed by atoms with van der Waals surface area (Å²) in [5.74, 6) is 0.285. The minimum absolute atomic E-state index is 0.308. The number of rotatable bonds is 8. The Balaban J connectivity index is 1.49. The Bertz CT molecular complexity index is 1280. The summed E-state index contributed by atoms with van der Waals surface area (Å²) in [6.07, 6.45) is 3.43. The van der Waals surface area contributed by atoms with Crippen molar-refractivity contribution in [2.75, 3.05) is 11.9 Å². The van der Waals surface area contributed by atoms with E-state index in [4.69, 9.17) is 9.15 Å². The number of anilines is 1. The highest BCUT2D eigenvalue weighted by Gasteiger charge is 2.17. The molecule has 4 rings (SSSR count). The third-order valence-corrected chi connectivity index (χ3v) is 5.67. The van der Waals surface area contributed by atoms with Gasteiger partial charge in [0.1, 0.15) is 0 Å². The number of aromatic nitrogens is 1. The molecule has 34 heavy (non-hydrogen) atoms. The number of nitrogens with one attached hydrogen (secondary N) is 1. The Morgan fingerprint density at radius 2 is 1.74 bits per heavy atom. The summed E-state index contributed by atoms with van der Waals surface area (Å²) in [7, 11) is 0. The van der Waals surface area contributed by atoms with Gasteiger partial charge in [-0.05, 0) is 55.0 Å². The van der Waals surface area contributed by atoms with E-state index in [9.17, 15) is 9.59 Å². The molecule has 3 aromatic carbocycles. The minimum atomic E-state index is -0.373. The average molecular weight is 519 g/mol. The fraction of sp³-hybridized carbons (Fsp3) is 0.148. The van der Waals surface area contributed by atoms with Crippen LogP contribution in [-0.2, 0) is 4.74 Å². The van der Waals surface area contributed by atoms with E-state index in [2.05, 4.69) is 26.2 Å². The summed E-state index contributed by atoms with van der Waals surface area (Å²) < 4.78 is 12.2. The maximum atomic E-state index is 13.0. The molecule has 6 nitrogen and oxygen atoms in total. The predicted molar refractivity (Wildman–Crippen MR) is 135 cm³/mol. The first-order chi connectivity index (χ1) is 16.5. The Hall–Kier alpha value is -3.71. The maximum absolute atomic E-state index is 13.0. The number of esters is 1. The number of nitrogens with zero attached hydrogens (tertiary/aromatic N) is 1. The normalized spacial score (nSPS) is 10.6. The van der Waals surface area contributed by atoms with E-state index in [1.165, 1.54) is 0 Å². The number of hydrogen-bond donors (Lipinski definition) is 1. The van der Waals surface area contributed by atoms with Crippen molar-refractivity contribution in [1.29, 1.82) is 0 Å². The van der Waals surface area contributed by atoms with Crippen LogP contribution in [0.2, 0.25) is 0 Å². The third-order valence-electron chi connectivity index (χ3n) is 5.15. The molecule has 1 amide bonds. The van der Waals surface area contributed by atoms with Gasteiger partial charge in [0.25, 0.3) is 5.91 Å². The summed E-state index contributed by atoms with van der Waals surface area (Å²) in [6, 6.07) is 21.4. The molecule has 0 saturated heterocycles. The molecule has 1 heterocycles. The van der Waals surface area contributed by atoms with E-state index in [0.29, 0.717) is 40.6 Å². The summed E-state index contributed by atoms with van der Waals surface area (Å²) in [5, 5.41) is 2.87. The van der Waals surface area contributed by atoms with Crippen LogP contribution in [-0.4, -0.2) is 23.5 Å². The molecule has 0 aliphatic carbocycles. The van der Waals surface area contributed by atoms with Crippen molar-refractivity contribution in [3.63, 3.8) is 0 Å². The van der Waals surface area contributed by atoms with E-state index in [-0.39, 0.29) is 11.9 Å². The van der Waals surface area contributed by atoms with Crippen molar-refractivity contribution < 1.29 is 18.7 Å². The standard InChI is InChI=1S/C27H23BrN2O4/c1-2-3-16-33-27(32)19-10-14-21(15-11-19)30-25(31)22-6-4-5-7-23(22)26-29-17-24(34-26)18-8-12-20(28)13-9-18/h4-15,17H,2-3,16H2,1H3,(H,30,31). The summed E-state index contributed by atoms with van der Waals surface area (Å²) in [5.41, 5.74) is 2.90. The molecule has 4 aromatic rings. The number of carbonyl (C=O) groups is 2. The van der Waals surface area contributed by atoms with E-state index < -0.39 is 0 Å². The zero-order valence-corrected chi connectivity index (χ0v) is 20.2. The number of amides is 1. The van der Waals surface area contributed by atoms with Crippen LogP contribution in [0.4, 0.5) is 5.69 Å². The summed E-state index contributed by atoms with van der Waals surface area (Å²) >= 11 is 3.42. The molecule has 1 N–H and O–H groups in total. The number of benzene rings is 3. The Morgan fingerprint density at radius 1 is 1.00 bits per heavy atom. The lowest BCUT2D eigenvalue weighted by molar-refractivity contribution is 0.0499. The van der Waals surface area contributed by atoms with E-state index in [1.54, 1.807) is 48.7 Å². The fourth-order valence-corrected chi connectivity index (χ4v) is 3.56. The van der Waals surface area contributed by atoms with Crippen molar-refractivity contribution in [1.82, 2.24) is 4.98 Å². The topological polar surface area (TPSA) is 81.4 Å². The maximum Gasteiger partial charge on any atom is 0.338 e. The molecule has 0 fully saturated rings. The second kappa shape index (κ2) is 10.9. The van der Waals surface area contributed by atoms with Gasteiger partial charge in [-0.3, -0.25) is 4.79 Å². The zero-order chi connectivity index (χ0) is 23.9. The lowest BCUT2D eigenvalue weighted by Crippen LogP contribution is -2.13. The van der Waals surface area contributed by atoms with E-state index in [0.717, 1.165) is 22.9 Å². The fourth-order valence-electron chi connectivity index (χ4n) is 3.29. The van der Waals surface area contributed by atoms with Crippen LogP contribution in [0.3, 0.4) is 0 Å². The van der Waals surface area contributed by atoms with Gasteiger partial charge in [-0.2, -0.15) is 0 Å². The van der Waals surface area contributed by atoms with E-state index >= 15 is 0 Å². The van der Waals surface area contributed by atoms with Gasteiger partial charge in [-0.15, -0.1) is 0 Å². The Labute approximate surface area is 206 Å². The molecule has 0 saturated carbocycles. The lowest BCUT2D eigenvalue weighted by Gasteiger charge is -2.09.